The van der Waals surface area contributed by atoms with E-state index in [9.17, 15) is 19.5 Å². The van der Waals surface area contributed by atoms with Crippen molar-refractivity contribution in [3.8, 4) is 5.75 Å². The van der Waals surface area contributed by atoms with E-state index in [2.05, 4.69) is 0 Å². The zero-order valence-electron chi connectivity index (χ0n) is 20.4. The Bertz CT molecular complexity index is 1120. The Balaban J connectivity index is 1.65. The quantitative estimate of drug-likeness (QED) is 0.644. The number of anilines is 1. The van der Waals surface area contributed by atoms with E-state index in [1.54, 1.807) is 61.2 Å². The molecule has 2 saturated heterocycles. The highest BCUT2D eigenvalue weighted by molar-refractivity contribution is 6.06. The number of likely N-dealkylation sites (tertiary alicyclic amines) is 1. The first-order valence-electron chi connectivity index (χ1n) is 11.9. The molecule has 35 heavy (non-hydrogen) atoms. The summed E-state index contributed by atoms with van der Waals surface area (Å²) in [6.45, 7) is 3.89. The van der Waals surface area contributed by atoms with Crippen LogP contribution in [0.4, 0.5) is 5.69 Å². The number of likely N-dealkylation sites (N-methyl/N-ethyl adjacent to an activating group) is 1. The van der Waals surface area contributed by atoms with Crippen LogP contribution in [-0.2, 0) is 19.1 Å². The molecular formula is C26H31N3O6. The second kappa shape index (κ2) is 8.20. The van der Waals surface area contributed by atoms with E-state index in [4.69, 9.17) is 9.47 Å². The van der Waals surface area contributed by atoms with Gasteiger partial charge in [0.05, 0.1) is 37.2 Å². The molecule has 1 aromatic rings. The van der Waals surface area contributed by atoms with Crippen LogP contribution in [0.2, 0.25) is 0 Å². The number of hydrogen-bond acceptors (Lipinski definition) is 6. The number of methoxy groups -OCH3 is 1. The first-order valence-corrected chi connectivity index (χ1v) is 11.9. The Hall–Kier alpha value is -3.17. The number of hydrogen-bond donors (Lipinski definition) is 1. The minimum absolute atomic E-state index is 0.193. The van der Waals surface area contributed by atoms with Crippen LogP contribution < -0.4 is 9.64 Å². The molecule has 1 spiro atoms. The fraction of sp³-hybridized carbons (Fsp3) is 0.500. The second-order valence-electron chi connectivity index (χ2n) is 9.94. The van der Waals surface area contributed by atoms with Crippen molar-refractivity contribution in [2.75, 3.05) is 38.8 Å². The van der Waals surface area contributed by atoms with Crippen LogP contribution in [-0.4, -0.2) is 89.8 Å². The molecule has 1 aromatic carbocycles. The highest BCUT2D eigenvalue weighted by Crippen LogP contribution is 2.57. The Kier molecular flexibility index (Phi) is 5.52. The van der Waals surface area contributed by atoms with Gasteiger partial charge in [-0.1, -0.05) is 24.3 Å². The minimum Gasteiger partial charge on any atom is -0.497 e. The number of nitrogens with zero attached hydrogens (tertiary/aromatic N) is 3. The maximum absolute atomic E-state index is 14.2. The van der Waals surface area contributed by atoms with Gasteiger partial charge >= 0.3 is 0 Å². The number of aliphatic hydroxyl groups excluding tert-OH is 1. The smallest absolute Gasteiger partial charge is 0.253 e. The molecule has 4 aliphatic rings. The molecule has 0 aliphatic carbocycles. The summed E-state index contributed by atoms with van der Waals surface area (Å²) in [6.07, 6.45) is 7.35. The predicted octanol–water partition coefficient (Wildman–Crippen LogP) is 0.978. The van der Waals surface area contributed by atoms with E-state index >= 15 is 0 Å². The lowest BCUT2D eigenvalue weighted by Crippen LogP contribution is -2.58. The molecule has 9 nitrogen and oxygen atoms in total. The predicted molar refractivity (Wildman–Crippen MR) is 128 cm³/mol. The number of fused-ring (bicyclic) bond motifs is 2. The summed E-state index contributed by atoms with van der Waals surface area (Å²) in [6, 6.07) is 5.46. The number of carbonyl (C=O) groups excluding carboxylic acids is 3. The molecule has 0 aromatic heterocycles. The normalized spacial score (nSPS) is 34.9. The summed E-state index contributed by atoms with van der Waals surface area (Å²) in [4.78, 5) is 46.3. The van der Waals surface area contributed by atoms with Gasteiger partial charge in [-0.3, -0.25) is 14.4 Å². The molecule has 4 aliphatic heterocycles. The highest BCUT2D eigenvalue weighted by atomic mass is 16.5. The summed E-state index contributed by atoms with van der Waals surface area (Å²) in [5, 5.41) is 10.0. The van der Waals surface area contributed by atoms with Gasteiger partial charge in [0.2, 0.25) is 11.8 Å². The lowest BCUT2D eigenvalue weighted by atomic mass is 9.74. The first kappa shape index (κ1) is 23.6. The lowest BCUT2D eigenvalue weighted by Gasteiger charge is -2.39. The van der Waals surface area contributed by atoms with Crippen LogP contribution in [0.1, 0.15) is 13.8 Å². The number of carbonyl (C=O) groups is 3. The van der Waals surface area contributed by atoms with E-state index in [0.29, 0.717) is 18.0 Å². The largest absolute Gasteiger partial charge is 0.497 e. The Morgan fingerprint density at radius 3 is 2.40 bits per heavy atom. The van der Waals surface area contributed by atoms with E-state index in [-0.39, 0.29) is 30.9 Å². The van der Waals surface area contributed by atoms with Gasteiger partial charge in [0, 0.05) is 25.8 Å². The standard InChI is InChI=1S/C26H31N3O6/c1-16(15-30)29-21-24(33)28(17-7-9-18(34-4)10-8-17)14-6-12-26(21)20(23(29)32)19-22(31)27(3)13-5-11-25(19,2)35-26/h5-12,16,19-21,30H,13-15H2,1-4H3/t16-,19+,20+,21?,25-,26+/m1/s1. The van der Waals surface area contributed by atoms with Gasteiger partial charge in [0.15, 0.2) is 0 Å². The third-order valence-electron chi connectivity index (χ3n) is 7.82. The number of benzene rings is 1. The van der Waals surface area contributed by atoms with E-state index < -0.39 is 35.1 Å². The monoisotopic (exact) mass is 481 g/mol. The van der Waals surface area contributed by atoms with Crippen molar-refractivity contribution in [1.29, 1.82) is 0 Å². The van der Waals surface area contributed by atoms with Crippen molar-refractivity contribution in [1.82, 2.24) is 9.80 Å². The molecule has 0 radical (unpaired) electrons. The van der Waals surface area contributed by atoms with Crippen LogP contribution in [0.25, 0.3) is 0 Å². The molecule has 2 fully saturated rings. The lowest BCUT2D eigenvalue weighted by molar-refractivity contribution is -0.150. The molecule has 0 saturated carbocycles. The van der Waals surface area contributed by atoms with Crippen molar-refractivity contribution in [2.45, 2.75) is 37.1 Å². The van der Waals surface area contributed by atoms with Gasteiger partial charge in [-0.05, 0) is 38.1 Å². The maximum Gasteiger partial charge on any atom is 0.253 e. The van der Waals surface area contributed by atoms with Gasteiger partial charge in [-0.25, -0.2) is 0 Å². The van der Waals surface area contributed by atoms with Gasteiger partial charge in [0.25, 0.3) is 5.91 Å². The fourth-order valence-electron chi connectivity index (χ4n) is 6.14. The van der Waals surface area contributed by atoms with Crippen LogP contribution in [0, 0.1) is 11.8 Å². The average Bonchev–Trinajstić information content (AvgIpc) is 3.14. The highest BCUT2D eigenvalue weighted by Gasteiger charge is 2.75. The summed E-state index contributed by atoms with van der Waals surface area (Å²) in [7, 11) is 3.28. The third-order valence-corrected chi connectivity index (χ3v) is 7.82. The molecule has 5 rings (SSSR count). The molecule has 3 amide bonds. The molecular weight excluding hydrogens is 450 g/mol. The summed E-state index contributed by atoms with van der Waals surface area (Å²) in [5.74, 6) is -1.88. The number of aliphatic hydroxyl groups is 1. The molecule has 186 valence electrons. The van der Waals surface area contributed by atoms with Crippen molar-refractivity contribution >= 4 is 23.4 Å². The Morgan fingerprint density at radius 1 is 1.06 bits per heavy atom. The van der Waals surface area contributed by atoms with E-state index in [1.807, 2.05) is 25.2 Å². The first-order chi connectivity index (χ1) is 16.7. The van der Waals surface area contributed by atoms with E-state index in [1.165, 1.54) is 4.90 Å². The number of amides is 3. The van der Waals surface area contributed by atoms with Crippen molar-refractivity contribution in [3.05, 3.63) is 48.6 Å². The van der Waals surface area contributed by atoms with Crippen LogP contribution in [0.5, 0.6) is 5.75 Å². The SMILES string of the molecule is COc1ccc(N2CC=C[C@]34O[C@]5(C)C=CCN(C)C(=O)[C@@H]5[C@H]3C(=O)N([C@H](C)CO)C4C2=O)cc1. The number of rotatable bonds is 4. The minimum atomic E-state index is -1.34. The molecule has 4 heterocycles. The second-order valence-corrected chi connectivity index (χ2v) is 9.94. The molecule has 0 bridgehead atoms. The van der Waals surface area contributed by atoms with Gasteiger partial charge in [-0.2, -0.15) is 0 Å². The zero-order chi connectivity index (χ0) is 25.1. The van der Waals surface area contributed by atoms with Gasteiger partial charge in [0.1, 0.15) is 17.4 Å². The summed E-state index contributed by atoms with van der Waals surface area (Å²) >= 11 is 0. The fourth-order valence-corrected chi connectivity index (χ4v) is 6.14. The van der Waals surface area contributed by atoms with Crippen molar-refractivity contribution in [2.24, 2.45) is 11.8 Å². The van der Waals surface area contributed by atoms with Crippen molar-refractivity contribution in [3.63, 3.8) is 0 Å². The third kappa shape index (κ3) is 3.25. The van der Waals surface area contributed by atoms with Crippen LogP contribution >= 0.6 is 0 Å². The maximum atomic E-state index is 14.2. The van der Waals surface area contributed by atoms with Gasteiger partial charge in [-0.15, -0.1) is 0 Å². The zero-order valence-corrected chi connectivity index (χ0v) is 20.4. The average molecular weight is 482 g/mol. The molecule has 6 atom stereocenters. The van der Waals surface area contributed by atoms with Crippen molar-refractivity contribution < 1.29 is 29.0 Å². The van der Waals surface area contributed by atoms with Crippen LogP contribution in [0.3, 0.4) is 0 Å². The summed E-state index contributed by atoms with van der Waals surface area (Å²) < 4.78 is 11.9. The van der Waals surface area contributed by atoms with E-state index in [0.717, 1.165) is 0 Å². The van der Waals surface area contributed by atoms with Crippen LogP contribution in [0.15, 0.2) is 48.6 Å². The molecule has 1 unspecified atom stereocenters. The van der Waals surface area contributed by atoms with Gasteiger partial charge < -0.3 is 29.3 Å². The molecule has 1 N–H and O–H groups in total. The Labute approximate surface area is 204 Å². The summed E-state index contributed by atoms with van der Waals surface area (Å²) in [5.41, 5.74) is -1.73. The molecule has 9 heteroatoms. The topological polar surface area (TPSA) is 99.6 Å². The number of ether oxygens (including phenoxy) is 2. The Morgan fingerprint density at radius 2 is 1.74 bits per heavy atom.